The maximum absolute atomic E-state index is 12.5. The van der Waals surface area contributed by atoms with Crippen LogP contribution in [0, 0.1) is 11.3 Å². The van der Waals surface area contributed by atoms with Crippen molar-refractivity contribution in [1.82, 2.24) is 4.90 Å². The number of nitrogens with zero attached hydrogens (tertiary/aromatic N) is 2. The van der Waals surface area contributed by atoms with Crippen molar-refractivity contribution in [2.24, 2.45) is 0 Å². The van der Waals surface area contributed by atoms with Crippen LogP contribution in [0.4, 0.5) is 4.79 Å². The zero-order valence-corrected chi connectivity index (χ0v) is 18.5. The number of halogens is 2. The molecule has 1 fully saturated rings. The Morgan fingerprint density at radius 1 is 1.20 bits per heavy atom. The second-order valence-corrected chi connectivity index (χ2v) is 8.37. The van der Waals surface area contributed by atoms with E-state index in [1.807, 2.05) is 13.0 Å². The van der Waals surface area contributed by atoms with Crippen molar-refractivity contribution in [2.45, 2.75) is 26.4 Å². The standard InChI is InChI=1S/C22H18Cl2N2O3S/c1-2-3-8-26-21(27)19(30-22(26)28)11-14-9-17(23)20(18(24)10-14)29-13-16-7-5-4-6-15(16)12-25/h4-7,9-11H,2-3,8,13H2,1H3/b19-11-. The van der Waals surface area contributed by atoms with Crippen LogP contribution in [0.3, 0.4) is 0 Å². The molecule has 1 aliphatic rings. The number of benzene rings is 2. The molecule has 1 saturated heterocycles. The third kappa shape index (κ3) is 4.99. The number of hydrogen-bond donors (Lipinski definition) is 0. The quantitative estimate of drug-likeness (QED) is 0.454. The molecule has 5 nitrogen and oxygen atoms in total. The van der Waals surface area contributed by atoms with Crippen LogP contribution in [0.1, 0.15) is 36.5 Å². The summed E-state index contributed by atoms with van der Waals surface area (Å²) < 4.78 is 5.75. The molecule has 0 saturated carbocycles. The molecule has 0 radical (unpaired) electrons. The van der Waals surface area contributed by atoms with Gasteiger partial charge in [-0.1, -0.05) is 54.7 Å². The first-order valence-electron chi connectivity index (χ1n) is 9.29. The minimum atomic E-state index is -0.306. The maximum Gasteiger partial charge on any atom is 0.293 e. The van der Waals surface area contributed by atoms with Crippen molar-refractivity contribution < 1.29 is 14.3 Å². The van der Waals surface area contributed by atoms with Crippen LogP contribution in [0.25, 0.3) is 6.08 Å². The summed E-state index contributed by atoms with van der Waals surface area (Å²) in [5, 5.41) is 9.46. The average molecular weight is 461 g/mol. The molecule has 0 aliphatic carbocycles. The van der Waals surface area contributed by atoms with Crippen LogP contribution < -0.4 is 4.74 Å². The van der Waals surface area contributed by atoms with Crippen molar-refractivity contribution in [3.05, 3.63) is 68.0 Å². The Morgan fingerprint density at radius 2 is 1.90 bits per heavy atom. The normalized spacial score (nSPS) is 15.0. The molecule has 2 amide bonds. The van der Waals surface area contributed by atoms with Gasteiger partial charge in [0.2, 0.25) is 0 Å². The number of amides is 2. The van der Waals surface area contributed by atoms with Gasteiger partial charge in [0, 0.05) is 12.1 Å². The SMILES string of the molecule is CCCCN1C(=O)S/C(=C\c2cc(Cl)c(OCc3ccccc3C#N)c(Cl)c2)C1=O. The number of carbonyl (C=O) groups is 2. The summed E-state index contributed by atoms with van der Waals surface area (Å²) in [6, 6.07) is 12.5. The summed E-state index contributed by atoms with van der Waals surface area (Å²) >= 11 is 13.6. The summed E-state index contributed by atoms with van der Waals surface area (Å²) in [7, 11) is 0. The predicted octanol–water partition coefficient (Wildman–Crippen LogP) is 6.28. The van der Waals surface area contributed by atoms with Gasteiger partial charge in [-0.25, -0.2) is 0 Å². The van der Waals surface area contributed by atoms with Gasteiger partial charge in [0.15, 0.2) is 5.75 Å². The van der Waals surface area contributed by atoms with Gasteiger partial charge in [0.25, 0.3) is 11.1 Å². The zero-order chi connectivity index (χ0) is 21.7. The van der Waals surface area contributed by atoms with Crippen LogP contribution in [0.5, 0.6) is 5.75 Å². The Labute approximate surface area is 189 Å². The van der Waals surface area contributed by atoms with E-state index in [-0.39, 0.29) is 27.8 Å². The molecule has 0 atom stereocenters. The van der Waals surface area contributed by atoms with E-state index in [0.29, 0.717) is 28.3 Å². The van der Waals surface area contributed by atoms with Crippen LogP contribution in [0.2, 0.25) is 10.0 Å². The van der Waals surface area contributed by atoms with Crippen molar-refractivity contribution in [1.29, 1.82) is 5.26 Å². The molecule has 2 aromatic rings. The Hall–Kier alpha value is -2.46. The van der Waals surface area contributed by atoms with Crippen molar-refractivity contribution >= 4 is 52.2 Å². The molecule has 0 spiro atoms. The first kappa shape index (κ1) is 22.2. The Bertz CT molecular complexity index is 1040. The third-order valence-electron chi connectivity index (χ3n) is 4.44. The minimum absolute atomic E-state index is 0.138. The number of imide groups is 1. The lowest BCUT2D eigenvalue weighted by Gasteiger charge is -2.12. The summed E-state index contributed by atoms with van der Waals surface area (Å²) in [6.07, 6.45) is 3.26. The average Bonchev–Trinajstić information content (AvgIpc) is 2.98. The Kier molecular flexibility index (Phi) is 7.43. The fourth-order valence-electron chi connectivity index (χ4n) is 2.87. The lowest BCUT2D eigenvalue weighted by Crippen LogP contribution is -2.29. The first-order valence-corrected chi connectivity index (χ1v) is 10.9. The molecule has 154 valence electrons. The highest BCUT2D eigenvalue weighted by atomic mass is 35.5. The largest absolute Gasteiger partial charge is 0.486 e. The minimum Gasteiger partial charge on any atom is -0.486 e. The van der Waals surface area contributed by atoms with Crippen LogP contribution in [-0.2, 0) is 11.4 Å². The van der Waals surface area contributed by atoms with E-state index in [4.69, 9.17) is 27.9 Å². The highest BCUT2D eigenvalue weighted by Gasteiger charge is 2.34. The van der Waals surface area contributed by atoms with Crippen molar-refractivity contribution in [2.75, 3.05) is 6.54 Å². The molecule has 8 heteroatoms. The third-order valence-corrected chi connectivity index (χ3v) is 5.91. The number of carbonyl (C=O) groups excluding carboxylic acids is 2. The second-order valence-electron chi connectivity index (χ2n) is 6.56. The smallest absolute Gasteiger partial charge is 0.293 e. The van der Waals surface area contributed by atoms with Gasteiger partial charge in [-0.3, -0.25) is 14.5 Å². The van der Waals surface area contributed by atoms with Gasteiger partial charge in [0.05, 0.1) is 26.6 Å². The number of rotatable bonds is 7. The van der Waals surface area contributed by atoms with Crippen LogP contribution in [-0.4, -0.2) is 22.6 Å². The maximum atomic E-state index is 12.5. The topological polar surface area (TPSA) is 70.4 Å². The van der Waals surface area contributed by atoms with Gasteiger partial charge in [0.1, 0.15) is 6.61 Å². The first-order chi connectivity index (χ1) is 14.4. The number of hydrogen-bond acceptors (Lipinski definition) is 5. The fourth-order valence-corrected chi connectivity index (χ4v) is 4.34. The van der Waals surface area contributed by atoms with E-state index < -0.39 is 0 Å². The van der Waals surface area contributed by atoms with E-state index in [1.165, 1.54) is 4.90 Å². The number of nitriles is 1. The van der Waals surface area contributed by atoms with Gasteiger partial charge < -0.3 is 4.74 Å². The number of unbranched alkanes of at least 4 members (excludes halogenated alkanes) is 1. The molecule has 0 unspecified atom stereocenters. The predicted molar refractivity (Wildman–Crippen MR) is 120 cm³/mol. The fraction of sp³-hybridized carbons (Fsp3) is 0.227. The molecule has 1 aliphatic heterocycles. The van der Waals surface area contributed by atoms with Gasteiger partial charge in [-0.15, -0.1) is 0 Å². The molecule has 0 N–H and O–H groups in total. The lowest BCUT2D eigenvalue weighted by molar-refractivity contribution is -0.122. The number of thioether (sulfide) groups is 1. The van der Waals surface area contributed by atoms with Gasteiger partial charge >= 0.3 is 0 Å². The zero-order valence-electron chi connectivity index (χ0n) is 16.2. The van der Waals surface area contributed by atoms with E-state index in [2.05, 4.69) is 6.07 Å². The van der Waals surface area contributed by atoms with Crippen molar-refractivity contribution in [3.63, 3.8) is 0 Å². The summed E-state index contributed by atoms with van der Waals surface area (Å²) in [4.78, 5) is 26.2. The summed E-state index contributed by atoms with van der Waals surface area (Å²) in [5.74, 6) is -0.0154. The van der Waals surface area contributed by atoms with E-state index >= 15 is 0 Å². The summed E-state index contributed by atoms with van der Waals surface area (Å²) in [6.45, 7) is 2.55. The van der Waals surface area contributed by atoms with Gasteiger partial charge in [-0.2, -0.15) is 5.26 Å². The molecule has 3 rings (SSSR count). The monoisotopic (exact) mass is 460 g/mol. The van der Waals surface area contributed by atoms with E-state index in [1.54, 1.807) is 36.4 Å². The highest BCUT2D eigenvalue weighted by molar-refractivity contribution is 8.18. The molecule has 1 heterocycles. The van der Waals surface area contributed by atoms with Crippen molar-refractivity contribution in [3.8, 4) is 11.8 Å². The number of ether oxygens (including phenoxy) is 1. The van der Waals surface area contributed by atoms with E-state index in [9.17, 15) is 14.9 Å². The van der Waals surface area contributed by atoms with Crippen LogP contribution in [0.15, 0.2) is 41.3 Å². The molecule has 0 aromatic heterocycles. The second kappa shape index (κ2) is 10.0. The molecular formula is C22H18Cl2N2O3S. The Morgan fingerprint density at radius 3 is 2.57 bits per heavy atom. The molecular weight excluding hydrogens is 443 g/mol. The van der Waals surface area contributed by atoms with Crippen LogP contribution >= 0.6 is 35.0 Å². The molecule has 30 heavy (non-hydrogen) atoms. The summed E-state index contributed by atoms with van der Waals surface area (Å²) in [5.41, 5.74) is 1.83. The molecule has 0 bridgehead atoms. The van der Waals surface area contributed by atoms with E-state index in [0.717, 1.165) is 30.2 Å². The lowest BCUT2D eigenvalue weighted by atomic mass is 10.1. The molecule has 2 aromatic carbocycles. The van der Waals surface area contributed by atoms with Gasteiger partial charge in [-0.05, 0) is 48.0 Å². The Balaban J connectivity index is 1.78. The highest BCUT2D eigenvalue weighted by Crippen LogP contribution is 2.38.